The number of rotatable bonds is 6. The van der Waals surface area contributed by atoms with Gasteiger partial charge in [0, 0.05) is 49.9 Å². The van der Waals surface area contributed by atoms with Crippen molar-refractivity contribution in [1.82, 2.24) is 20.3 Å². The molecule has 2 aromatic heterocycles. The van der Waals surface area contributed by atoms with Crippen LogP contribution in [0, 0.1) is 12.8 Å². The van der Waals surface area contributed by atoms with Crippen molar-refractivity contribution in [3.8, 4) is 0 Å². The van der Waals surface area contributed by atoms with Crippen molar-refractivity contribution in [3.63, 3.8) is 0 Å². The molecule has 2 N–H and O–H groups in total. The van der Waals surface area contributed by atoms with Crippen molar-refractivity contribution in [1.29, 1.82) is 0 Å². The SMILES string of the molecule is Cc1csc(N2CCC(C(=O)NCCNc3ncccn3)CC2)n1. The van der Waals surface area contributed by atoms with Gasteiger partial charge in [0.2, 0.25) is 11.9 Å². The zero-order valence-corrected chi connectivity index (χ0v) is 14.6. The molecule has 0 radical (unpaired) electrons. The van der Waals surface area contributed by atoms with Crippen LogP contribution in [-0.2, 0) is 4.79 Å². The number of piperidine rings is 1. The summed E-state index contributed by atoms with van der Waals surface area (Å²) in [6.07, 6.45) is 5.12. The topological polar surface area (TPSA) is 83.0 Å². The molecule has 0 unspecified atom stereocenters. The fraction of sp³-hybridized carbons (Fsp3) is 0.500. The highest BCUT2D eigenvalue weighted by Crippen LogP contribution is 2.26. The molecule has 2 aromatic rings. The van der Waals surface area contributed by atoms with Crippen molar-refractivity contribution in [2.24, 2.45) is 5.92 Å². The Morgan fingerprint density at radius 1 is 1.29 bits per heavy atom. The molecule has 3 rings (SSSR count). The van der Waals surface area contributed by atoms with Gasteiger partial charge in [0.1, 0.15) is 0 Å². The summed E-state index contributed by atoms with van der Waals surface area (Å²) in [5.74, 6) is 0.815. The highest BCUT2D eigenvalue weighted by molar-refractivity contribution is 7.13. The predicted octanol–water partition coefficient (Wildman–Crippen LogP) is 1.69. The largest absolute Gasteiger partial charge is 0.354 e. The molecular formula is C16H22N6OS. The fourth-order valence-corrected chi connectivity index (χ4v) is 3.57. The van der Waals surface area contributed by atoms with E-state index in [4.69, 9.17) is 0 Å². The Balaban J connectivity index is 1.36. The third-order valence-corrected chi connectivity index (χ3v) is 5.04. The van der Waals surface area contributed by atoms with Gasteiger partial charge in [-0.3, -0.25) is 4.79 Å². The van der Waals surface area contributed by atoms with Gasteiger partial charge in [0.05, 0.1) is 5.69 Å². The van der Waals surface area contributed by atoms with Crippen LogP contribution in [0.5, 0.6) is 0 Å². The first-order valence-electron chi connectivity index (χ1n) is 8.18. The van der Waals surface area contributed by atoms with Crippen LogP contribution in [0.3, 0.4) is 0 Å². The van der Waals surface area contributed by atoms with Crippen LogP contribution in [0.25, 0.3) is 0 Å². The van der Waals surface area contributed by atoms with Gasteiger partial charge < -0.3 is 15.5 Å². The Hall–Kier alpha value is -2.22. The van der Waals surface area contributed by atoms with Gasteiger partial charge in [-0.15, -0.1) is 11.3 Å². The van der Waals surface area contributed by atoms with E-state index in [0.29, 0.717) is 19.0 Å². The first-order chi connectivity index (χ1) is 11.7. The molecule has 128 valence electrons. The van der Waals surface area contributed by atoms with Crippen molar-refractivity contribution >= 4 is 28.3 Å². The molecule has 0 atom stereocenters. The number of aryl methyl sites for hydroxylation is 1. The monoisotopic (exact) mass is 346 g/mol. The van der Waals surface area contributed by atoms with Gasteiger partial charge in [0.15, 0.2) is 5.13 Å². The Kier molecular flexibility index (Phi) is 5.58. The lowest BCUT2D eigenvalue weighted by molar-refractivity contribution is -0.125. The van der Waals surface area contributed by atoms with Crippen LogP contribution in [0.15, 0.2) is 23.8 Å². The normalized spacial score (nSPS) is 15.3. The minimum absolute atomic E-state index is 0.0929. The van der Waals surface area contributed by atoms with Crippen LogP contribution in [0.2, 0.25) is 0 Å². The van der Waals surface area contributed by atoms with Gasteiger partial charge in [-0.2, -0.15) is 0 Å². The number of aromatic nitrogens is 3. The zero-order chi connectivity index (χ0) is 16.8. The summed E-state index contributed by atoms with van der Waals surface area (Å²) in [6.45, 7) is 4.98. The Morgan fingerprint density at radius 3 is 2.71 bits per heavy atom. The molecule has 0 spiro atoms. The number of amides is 1. The maximum Gasteiger partial charge on any atom is 0.223 e. The quantitative estimate of drug-likeness (QED) is 0.775. The Morgan fingerprint density at radius 2 is 2.04 bits per heavy atom. The van der Waals surface area contributed by atoms with Crippen LogP contribution < -0.4 is 15.5 Å². The molecule has 1 aliphatic rings. The molecule has 3 heterocycles. The fourth-order valence-electron chi connectivity index (χ4n) is 2.71. The number of nitrogens with one attached hydrogen (secondary N) is 2. The van der Waals surface area contributed by atoms with Crippen molar-refractivity contribution in [2.75, 3.05) is 36.4 Å². The Bertz CT molecular complexity index is 654. The lowest BCUT2D eigenvalue weighted by atomic mass is 9.96. The number of anilines is 2. The third-order valence-electron chi connectivity index (χ3n) is 4.02. The summed E-state index contributed by atoms with van der Waals surface area (Å²) in [5.41, 5.74) is 1.06. The first-order valence-corrected chi connectivity index (χ1v) is 9.06. The Labute approximate surface area is 145 Å². The summed E-state index contributed by atoms with van der Waals surface area (Å²) in [6, 6.07) is 1.77. The zero-order valence-electron chi connectivity index (χ0n) is 13.7. The molecule has 24 heavy (non-hydrogen) atoms. The average Bonchev–Trinajstić information content (AvgIpc) is 3.06. The van der Waals surface area contributed by atoms with E-state index in [9.17, 15) is 4.79 Å². The van der Waals surface area contributed by atoms with E-state index in [2.05, 4.69) is 35.9 Å². The number of carbonyl (C=O) groups excluding carboxylic acids is 1. The second-order valence-electron chi connectivity index (χ2n) is 5.82. The molecule has 0 saturated carbocycles. The minimum atomic E-state index is 0.0929. The molecule has 0 aliphatic carbocycles. The van der Waals surface area contributed by atoms with E-state index < -0.39 is 0 Å². The van der Waals surface area contributed by atoms with E-state index in [1.807, 2.05) is 6.92 Å². The van der Waals surface area contributed by atoms with E-state index in [1.165, 1.54) is 0 Å². The van der Waals surface area contributed by atoms with E-state index in [1.54, 1.807) is 29.8 Å². The third kappa shape index (κ3) is 4.41. The van der Waals surface area contributed by atoms with E-state index >= 15 is 0 Å². The van der Waals surface area contributed by atoms with Crippen LogP contribution in [0.4, 0.5) is 11.1 Å². The van der Waals surface area contributed by atoms with Crippen LogP contribution >= 0.6 is 11.3 Å². The molecule has 1 saturated heterocycles. The highest BCUT2D eigenvalue weighted by atomic mass is 32.1. The van der Waals surface area contributed by atoms with Gasteiger partial charge in [-0.05, 0) is 25.8 Å². The average molecular weight is 346 g/mol. The number of carbonyl (C=O) groups is 1. The van der Waals surface area contributed by atoms with Crippen molar-refractivity contribution < 1.29 is 4.79 Å². The van der Waals surface area contributed by atoms with Crippen LogP contribution in [-0.4, -0.2) is 47.0 Å². The standard InChI is InChI=1S/C16H22N6OS/c1-12-11-24-16(21-12)22-9-3-13(4-10-22)14(23)17-7-8-20-15-18-5-2-6-19-15/h2,5-6,11,13H,3-4,7-10H2,1H3,(H,17,23)(H,18,19,20). The molecule has 0 aromatic carbocycles. The number of thiazole rings is 1. The molecule has 1 aliphatic heterocycles. The maximum absolute atomic E-state index is 12.3. The summed E-state index contributed by atoms with van der Waals surface area (Å²) in [4.78, 5) is 27.2. The lowest BCUT2D eigenvalue weighted by Gasteiger charge is -2.31. The second-order valence-corrected chi connectivity index (χ2v) is 6.66. The van der Waals surface area contributed by atoms with Crippen molar-refractivity contribution in [3.05, 3.63) is 29.5 Å². The van der Waals surface area contributed by atoms with Crippen molar-refractivity contribution in [2.45, 2.75) is 19.8 Å². The number of nitrogens with zero attached hydrogens (tertiary/aromatic N) is 4. The van der Waals surface area contributed by atoms with Gasteiger partial charge in [-0.25, -0.2) is 15.0 Å². The summed E-state index contributed by atoms with van der Waals surface area (Å²) >= 11 is 1.67. The van der Waals surface area contributed by atoms with E-state index in [0.717, 1.165) is 36.8 Å². The maximum atomic E-state index is 12.3. The molecule has 7 nitrogen and oxygen atoms in total. The van der Waals surface area contributed by atoms with Gasteiger partial charge >= 0.3 is 0 Å². The van der Waals surface area contributed by atoms with Gasteiger partial charge in [0.25, 0.3) is 0 Å². The minimum Gasteiger partial charge on any atom is -0.354 e. The molecule has 1 amide bonds. The molecule has 0 bridgehead atoms. The smallest absolute Gasteiger partial charge is 0.223 e. The molecular weight excluding hydrogens is 324 g/mol. The molecule has 8 heteroatoms. The summed E-state index contributed by atoms with van der Waals surface area (Å²) in [5, 5.41) is 9.21. The molecule has 1 fully saturated rings. The van der Waals surface area contributed by atoms with Gasteiger partial charge in [-0.1, -0.05) is 0 Å². The lowest BCUT2D eigenvalue weighted by Crippen LogP contribution is -2.41. The second kappa shape index (κ2) is 8.05. The van der Waals surface area contributed by atoms with E-state index in [-0.39, 0.29) is 11.8 Å². The summed E-state index contributed by atoms with van der Waals surface area (Å²) in [7, 11) is 0. The number of hydrogen-bond acceptors (Lipinski definition) is 7. The highest BCUT2D eigenvalue weighted by Gasteiger charge is 2.25. The number of hydrogen-bond donors (Lipinski definition) is 2. The summed E-state index contributed by atoms with van der Waals surface area (Å²) < 4.78 is 0. The van der Waals surface area contributed by atoms with Crippen LogP contribution in [0.1, 0.15) is 18.5 Å². The first kappa shape index (κ1) is 16.6. The predicted molar refractivity (Wildman–Crippen MR) is 95.3 cm³/mol.